The Balaban J connectivity index is 2.10. The molecule has 2 heterocycles. The summed E-state index contributed by atoms with van der Waals surface area (Å²) >= 11 is 1.76. The number of aryl methyl sites for hydroxylation is 1. The number of aromatic nitrogens is 1. The summed E-state index contributed by atoms with van der Waals surface area (Å²) in [5, 5.41) is 1.14. The lowest BCUT2D eigenvalue weighted by Gasteiger charge is -2.25. The standard InChI is InChI=1S/C13H17N3S/c1-9-15-13-11(5-2-6-12(13)17-9)16-7-3-4-10(16)8-14/h2,5-6,10H,3-4,7-8,14H2,1H3. The molecule has 3 nitrogen and oxygen atoms in total. The third kappa shape index (κ3) is 1.81. The van der Waals surface area contributed by atoms with E-state index in [1.807, 2.05) is 0 Å². The van der Waals surface area contributed by atoms with Crippen molar-refractivity contribution in [2.24, 2.45) is 5.73 Å². The summed E-state index contributed by atoms with van der Waals surface area (Å²) in [6, 6.07) is 6.94. The number of nitrogens with two attached hydrogens (primary N) is 1. The number of thiazole rings is 1. The predicted octanol–water partition coefficient (Wildman–Crippen LogP) is 2.53. The first kappa shape index (κ1) is 11.0. The van der Waals surface area contributed by atoms with E-state index in [0.717, 1.165) is 23.6 Å². The molecular weight excluding hydrogens is 230 g/mol. The molecule has 0 radical (unpaired) electrons. The molecule has 1 aromatic heterocycles. The minimum absolute atomic E-state index is 0.489. The fourth-order valence-electron chi connectivity index (χ4n) is 2.67. The summed E-state index contributed by atoms with van der Waals surface area (Å²) in [4.78, 5) is 7.09. The summed E-state index contributed by atoms with van der Waals surface area (Å²) in [6.07, 6.45) is 2.44. The van der Waals surface area contributed by atoms with Crippen molar-refractivity contribution in [1.82, 2.24) is 4.98 Å². The molecule has 1 fully saturated rings. The molecular formula is C13H17N3S. The highest BCUT2D eigenvalue weighted by Crippen LogP contribution is 2.33. The molecule has 2 N–H and O–H groups in total. The minimum Gasteiger partial charge on any atom is -0.365 e. The Morgan fingerprint density at radius 1 is 1.53 bits per heavy atom. The first-order valence-corrected chi connectivity index (χ1v) is 6.94. The fourth-order valence-corrected chi connectivity index (χ4v) is 3.52. The lowest BCUT2D eigenvalue weighted by molar-refractivity contribution is 0.678. The van der Waals surface area contributed by atoms with Crippen molar-refractivity contribution in [3.8, 4) is 0 Å². The normalized spacial score (nSPS) is 20.4. The lowest BCUT2D eigenvalue weighted by Crippen LogP contribution is -2.35. The molecule has 0 spiro atoms. The van der Waals surface area contributed by atoms with Crippen molar-refractivity contribution >= 4 is 27.2 Å². The second kappa shape index (κ2) is 4.27. The maximum Gasteiger partial charge on any atom is 0.105 e. The minimum atomic E-state index is 0.489. The van der Waals surface area contributed by atoms with Crippen LogP contribution in [0.2, 0.25) is 0 Å². The van der Waals surface area contributed by atoms with E-state index in [1.54, 1.807) is 11.3 Å². The van der Waals surface area contributed by atoms with Crippen molar-refractivity contribution in [2.75, 3.05) is 18.0 Å². The Labute approximate surface area is 105 Å². The number of para-hydroxylation sites is 1. The van der Waals surface area contributed by atoms with Crippen LogP contribution >= 0.6 is 11.3 Å². The maximum atomic E-state index is 5.85. The molecule has 1 aliphatic rings. The van der Waals surface area contributed by atoms with Crippen LogP contribution in [0.5, 0.6) is 0 Å². The highest BCUT2D eigenvalue weighted by atomic mass is 32.1. The molecule has 1 saturated heterocycles. The highest BCUT2D eigenvalue weighted by Gasteiger charge is 2.25. The van der Waals surface area contributed by atoms with Crippen LogP contribution in [0.25, 0.3) is 10.2 Å². The second-order valence-electron chi connectivity index (χ2n) is 4.58. The first-order valence-electron chi connectivity index (χ1n) is 6.12. The summed E-state index contributed by atoms with van der Waals surface area (Å²) in [5.74, 6) is 0. The van der Waals surface area contributed by atoms with Gasteiger partial charge in [0.1, 0.15) is 5.52 Å². The molecule has 1 atom stereocenters. The number of hydrogen-bond donors (Lipinski definition) is 1. The van der Waals surface area contributed by atoms with Crippen LogP contribution in [0.1, 0.15) is 17.8 Å². The Kier molecular flexibility index (Phi) is 2.76. The lowest BCUT2D eigenvalue weighted by atomic mass is 10.2. The zero-order chi connectivity index (χ0) is 11.8. The van der Waals surface area contributed by atoms with Crippen molar-refractivity contribution < 1.29 is 0 Å². The van der Waals surface area contributed by atoms with Gasteiger partial charge in [-0.25, -0.2) is 4.98 Å². The third-order valence-electron chi connectivity index (χ3n) is 3.46. The predicted molar refractivity (Wildman–Crippen MR) is 73.8 cm³/mol. The topological polar surface area (TPSA) is 42.2 Å². The van der Waals surface area contributed by atoms with Crippen LogP contribution in [0, 0.1) is 6.92 Å². The van der Waals surface area contributed by atoms with E-state index in [2.05, 4.69) is 35.0 Å². The summed E-state index contributed by atoms with van der Waals surface area (Å²) in [5.41, 5.74) is 8.26. The van der Waals surface area contributed by atoms with Crippen molar-refractivity contribution in [3.63, 3.8) is 0 Å². The van der Waals surface area contributed by atoms with Gasteiger partial charge in [-0.2, -0.15) is 0 Å². The molecule has 0 bridgehead atoms. The molecule has 3 rings (SSSR count). The van der Waals surface area contributed by atoms with E-state index in [0.29, 0.717) is 6.04 Å². The van der Waals surface area contributed by atoms with Crippen molar-refractivity contribution in [1.29, 1.82) is 0 Å². The van der Waals surface area contributed by atoms with Gasteiger partial charge in [0.25, 0.3) is 0 Å². The van der Waals surface area contributed by atoms with E-state index < -0.39 is 0 Å². The van der Waals surface area contributed by atoms with Gasteiger partial charge in [-0.05, 0) is 31.9 Å². The molecule has 4 heteroatoms. The summed E-state index contributed by atoms with van der Waals surface area (Å²) in [6.45, 7) is 3.91. The molecule has 1 aliphatic heterocycles. The van der Waals surface area contributed by atoms with Gasteiger partial charge in [0, 0.05) is 19.1 Å². The van der Waals surface area contributed by atoms with Crippen LogP contribution in [0.3, 0.4) is 0 Å². The van der Waals surface area contributed by atoms with E-state index >= 15 is 0 Å². The molecule has 0 saturated carbocycles. The Bertz CT molecular complexity index is 534. The molecule has 1 aromatic carbocycles. The van der Waals surface area contributed by atoms with Gasteiger partial charge in [-0.1, -0.05) is 6.07 Å². The average molecular weight is 247 g/mol. The van der Waals surface area contributed by atoms with Gasteiger partial charge >= 0.3 is 0 Å². The van der Waals surface area contributed by atoms with E-state index in [4.69, 9.17) is 5.73 Å². The summed E-state index contributed by atoms with van der Waals surface area (Å²) < 4.78 is 1.28. The van der Waals surface area contributed by atoms with Crippen LogP contribution in [-0.4, -0.2) is 24.1 Å². The Morgan fingerprint density at radius 3 is 3.24 bits per heavy atom. The number of benzene rings is 1. The van der Waals surface area contributed by atoms with Gasteiger partial charge in [0.15, 0.2) is 0 Å². The van der Waals surface area contributed by atoms with Crippen molar-refractivity contribution in [3.05, 3.63) is 23.2 Å². The van der Waals surface area contributed by atoms with E-state index in [-0.39, 0.29) is 0 Å². The summed E-state index contributed by atoms with van der Waals surface area (Å²) in [7, 11) is 0. The van der Waals surface area contributed by atoms with Crippen molar-refractivity contribution in [2.45, 2.75) is 25.8 Å². The molecule has 1 unspecified atom stereocenters. The Morgan fingerprint density at radius 2 is 2.41 bits per heavy atom. The largest absolute Gasteiger partial charge is 0.365 e. The maximum absolute atomic E-state index is 5.85. The smallest absolute Gasteiger partial charge is 0.105 e. The van der Waals surface area contributed by atoms with Gasteiger partial charge in [-0.3, -0.25) is 0 Å². The van der Waals surface area contributed by atoms with E-state index in [9.17, 15) is 0 Å². The zero-order valence-electron chi connectivity index (χ0n) is 10.0. The molecule has 90 valence electrons. The quantitative estimate of drug-likeness (QED) is 0.886. The van der Waals surface area contributed by atoms with Crippen LogP contribution < -0.4 is 10.6 Å². The van der Waals surface area contributed by atoms with Crippen LogP contribution in [-0.2, 0) is 0 Å². The molecule has 17 heavy (non-hydrogen) atoms. The first-order chi connectivity index (χ1) is 8.29. The highest BCUT2D eigenvalue weighted by molar-refractivity contribution is 7.18. The zero-order valence-corrected chi connectivity index (χ0v) is 10.8. The number of hydrogen-bond acceptors (Lipinski definition) is 4. The van der Waals surface area contributed by atoms with Gasteiger partial charge < -0.3 is 10.6 Å². The average Bonchev–Trinajstić information content (AvgIpc) is 2.92. The van der Waals surface area contributed by atoms with Gasteiger partial charge in [-0.15, -0.1) is 11.3 Å². The van der Waals surface area contributed by atoms with Gasteiger partial charge in [0.05, 0.1) is 15.4 Å². The van der Waals surface area contributed by atoms with Crippen LogP contribution in [0.4, 0.5) is 5.69 Å². The van der Waals surface area contributed by atoms with Gasteiger partial charge in [0.2, 0.25) is 0 Å². The molecule has 0 aliphatic carbocycles. The van der Waals surface area contributed by atoms with Crippen LogP contribution in [0.15, 0.2) is 18.2 Å². The third-order valence-corrected chi connectivity index (χ3v) is 4.40. The Hall–Kier alpha value is -1.13. The molecule has 0 amide bonds. The monoisotopic (exact) mass is 247 g/mol. The van der Waals surface area contributed by atoms with E-state index in [1.165, 1.54) is 23.2 Å². The number of anilines is 1. The number of rotatable bonds is 2. The SMILES string of the molecule is Cc1nc2c(N3CCCC3CN)cccc2s1. The number of fused-ring (bicyclic) bond motifs is 1. The second-order valence-corrected chi connectivity index (χ2v) is 5.82. The fraction of sp³-hybridized carbons (Fsp3) is 0.462. The molecule has 2 aromatic rings. The number of nitrogens with zero attached hydrogens (tertiary/aromatic N) is 2.